The summed E-state index contributed by atoms with van der Waals surface area (Å²) in [4.78, 5) is 12.4. The van der Waals surface area contributed by atoms with Gasteiger partial charge < -0.3 is 14.5 Å². The molecule has 172 valence electrons. The molecule has 1 N–H and O–H groups in total. The van der Waals surface area contributed by atoms with E-state index in [1.807, 2.05) is 6.07 Å². The Morgan fingerprint density at radius 2 is 2.09 bits per heavy atom. The Hall–Kier alpha value is -2.59. The van der Waals surface area contributed by atoms with E-state index in [1.165, 1.54) is 0 Å². The molecule has 0 saturated heterocycles. The number of hydrogen-bond acceptors (Lipinski definition) is 6. The average Bonchev–Trinajstić information content (AvgIpc) is 3.18. The normalized spacial score (nSPS) is 22.4. The summed E-state index contributed by atoms with van der Waals surface area (Å²) < 4.78 is 51.9. The third kappa shape index (κ3) is 5.42. The zero-order chi connectivity index (χ0) is 22.9. The second-order valence-electron chi connectivity index (χ2n) is 7.84. The second-order valence-corrected chi connectivity index (χ2v) is 8.28. The van der Waals surface area contributed by atoms with E-state index in [4.69, 9.17) is 20.8 Å². The Kier molecular flexibility index (Phi) is 6.43. The van der Waals surface area contributed by atoms with Gasteiger partial charge in [0.05, 0.1) is 6.10 Å². The minimum absolute atomic E-state index is 0.167. The van der Waals surface area contributed by atoms with Gasteiger partial charge in [0, 0.05) is 23.1 Å². The highest BCUT2D eigenvalue weighted by Gasteiger charge is 2.42. The maximum Gasteiger partial charge on any atom is 0.522 e. The first-order valence-corrected chi connectivity index (χ1v) is 10.5. The smallest absolute Gasteiger partial charge is 0.480 e. The van der Waals surface area contributed by atoms with Crippen LogP contribution in [0.4, 0.5) is 13.2 Å². The van der Waals surface area contributed by atoms with E-state index in [-0.39, 0.29) is 36.4 Å². The number of fused-ring (bicyclic) bond motifs is 1. The molecule has 0 spiro atoms. The highest BCUT2D eigenvalue weighted by molar-refractivity contribution is 6.30. The first-order valence-electron chi connectivity index (χ1n) is 10.2. The van der Waals surface area contributed by atoms with E-state index < -0.39 is 18.6 Å². The molecule has 2 aromatic rings. The van der Waals surface area contributed by atoms with Crippen LogP contribution in [0.3, 0.4) is 0 Å². The van der Waals surface area contributed by atoms with Crippen LogP contribution in [0, 0.1) is 0 Å². The number of carbonyl (C=O) groups is 1. The summed E-state index contributed by atoms with van der Waals surface area (Å²) in [6, 6.07) is 5.31. The average molecular weight is 472 g/mol. The van der Waals surface area contributed by atoms with Gasteiger partial charge in [-0.25, -0.2) is 0 Å². The highest BCUT2D eigenvalue weighted by atomic mass is 35.5. The number of hydrogen-bond donors (Lipinski definition) is 1. The molecule has 2 aliphatic rings. The Morgan fingerprint density at radius 1 is 1.31 bits per heavy atom. The Labute approximate surface area is 186 Å². The number of aryl methyl sites for hydroxylation is 1. The number of halogens is 4. The number of rotatable bonds is 7. The van der Waals surface area contributed by atoms with Gasteiger partial charge in [-0.05, 0) is 55.9 Å². The van der Waals surface area contributed by atoms with Crippen LogP contribution in [0.2, 0.25) is 5.02 Å². The van der Waals surface area contributed by atoms with Gasteiger partial charge in [-0.1, -0.05) is 18.2 Å². The summed E-state index contributed by atoms with van der Waals surface area (Å²) in [5.74, 6) is 0.630. The van der Waals surface area contributed by atoms with Crippen LogP contribution in [0.15, 0.2) is 29.2 Å². The van der Waals surface area contributed by atoms with Crippen LogP contribution >= 0.6 is 11.6 Å². The number of alkyl halides is 3. The summed E-state index contributed by atoms with van der Waals surface area (Å²) >= 11 is 5.98. The minimum atomic E-state index is -4.64. The molecule has 1 aliphatic carbocycles. The van der Waals surface area contributed by atoms with Gasteiger partial charge in [0.15, 0.2) is 6.10 Å². The quantitative estimate of drug-likeness (QED) is 0.643. The van der Waals surface area contributed by atoms with Crippen LogP contribution in [0.25, 0.3) is 5.57 Å². The lowest BCUT2D eigenvalue weighted by Gasteiger charge is -2.32. The van der Waals surface area contributed by atoms with E-state index in [9.17, 15) is 18.0 Å². The van der Waals surface area contributed by atoms with Gasteiger partial charge in [-0.15, -0.1) is 23.4 Å². The van der Waals surface area contributed by atoms with Crippen molar-refractivity contribution in [1.82, 2.24) is 15.5 Å². The van der Waals surface area contributed by atoms with E-state index in [0.29, 0.717) is 42.2 Å². The standard InChI is InChI=1S/C21H21ClF3N3O4/c1-11(19-27-28-20(31-19)13-9-15(10-13)32-21(23,24)25)6-7-26-18(29)17-4-2-12-8-14(22)3-5-16(12)30-17/h3,5,8,13,15,17H,1-2,4,6-7,9-10H2,(H,26,29). The summed E-state index contributed by atoms with van der Waals surface area (Å²) in [6.45, 7) is 4.19. The predicted molar refractivity (Wildman–Crippen MR) is 108 cm³/mol. The molecule has 1 unspecified atom stereocenters. The summed E-state index contributed by atoms with van der Waals surface area (Å²) in [7, 11) is 0. The van der Waals surface area contributed by atoms with Crippen molar-refractivity contribution in [3.05, 3.63) is 47.1 Å². The Morgan fingerprint density at radius 3 is 2.84 bits per heavy atom. The van der Waals surface area contributed by atoms with Crippen LogP contribution < -0.4 is 10.1 Å². The van der Waals surface area contributed by atoms with Gasteiger partial charge >= 0.3 is 6.36 Å². The lowest BCUT2D eigenvalue weighted by Crippen LogP contribution is -2.40. The summed E-state index contributed by atoms with van der Waals surface area (Å²) in [5.41, 5.74) is 1.50. The topological polar surface area (TPSA) is 86.5 Å². The first kappa shape index (κ1) is 22.6. The van der Waals surface area contributed by atoms with Crippen molar-refractivity contribution in [2.45, 2.75) is 56.6 Å². The molecule has 1 aromatic carbocycles. The summed E-state index contributed by atoms with van der Waals surface area (Å²) in [6.07, 6.45) is -4.17. The van der Waals surface area contributed by atoms with Gasteiger partial charge in [0.25, 0.3) is 5.91 Å². The zero-order valence-corrected chi connectivity index (χ0v) is 17.7. The van der Waals surface area contributed by atoms with Crippen LogP contribution in [-0.2, 0) is 16.0 Å². The van der Waals surface area contributed by atoms with Crippen LogP contribution in [0.5, 0.6) is 5.75 Å². The fourth-order valence-electron chi connectivity index (χ4n) is 3.69. The van der Waals surface area contributed by atoms with Gasteiger partial charge in [-0.3, -0.25) is 9.53 Å². The molecule has 1 amide bonds. The maximum atomic E-state index is 12.4. The number of benzene rings is 1. The van der Waals surface area contributed by atoms with E-state index in [1.54, 1.807) is 12.1 Å². The van der Waals surface area contributed by atoms with Crippen molar-refractivity contribution in [3.8, 4) is 5.75 Å². The third-order valence-electron chi connectivity index (χ3n) is 5.47. The van der Waals surface area contributed by atoms with Crippen molar-refractivity contribution in [2.75, 3.05) is 6.54 Å². The molecule has 7 nitrogen and oxygen atoms in total. The molecule has 11 heteroatoms. The van der Waals surface area contributed by atoms with E-state index in [2.05, 4.69) is 26.8 Å². The molecule has 0 bridgehead atoms. The van der Waals surface area contributed by atoms with Crippen LogP contribution in [0.1, 0.15) is 48.9 Å². The fraction of sp³-hybridized carbons (Fsp3) is 0.476. The number of carbonyl (C=O) groups excluding carboxylic acids is 1. The maximum absolute atomic E-state index is 12.4. The van der Waals surface area contributed by atoms with Crippen molar-refractivity contribution in [2.24, 2.45) is 0 Å². The molecular weight excluding hydrogens is 451 g/mol. The van der Waals surface area contributed by atoms with E-state index in [0.717, 1.165) is 5.56 Å². The molecule has 32 heavy (non-hydrogen) atoms. The van der Waals surface area contributed by atoms with Gasteiger partial charge in [0.1, 0.15) is 5.75 Å². The van der Waals surface area contributed by atoms with Crippen molar-refractivity contribution in [3.63, 3.8) is 0 Å². The van der Waals surface area contributed by atoms with Gasteiger partial charge in [-0.2, -0.15) is 0 Å². The zero-order valence-electron chi connectivity index (χ0n) is 17.0. The third-order valence-corrected chi connectivity index (χ3v) is 5.71. The largest absolute Gasteiger partial charge is 0.522 e. The van der Waals surface area contributed by atoms with Gasteiger partial charge in [0.2, 0.25) is 11.8 Å². The first-order chi connectivity index (χ1) is 15.2. The number of nitrogens with one attached hydrogen (secondary N) is 1. The Bertz CT molecular complexity index is 1000. The number of nitrogens with zero attached hydrogens (tertiary/aromatic N) is 2. The monoisotopic (exact) mass is 471 g/mol. The molecule has 1 aromatic heterocycles. The lowest BCUT2D eigenvalue weighted by molar-refractivity contribution is -0.352. The number of ether oxygens (including phenoxy) is 2. The molecule has 4 rings (SSSR count). The summed E-state index contributed by atoms with van der Waals surface area (Å²) in [5, 5.41) is 11.3. The molecule has 1 atom stereocenters. The Balaban J connectivity index is 1.20. The molecule has 1 aliphatic heterocycles. The molecule has 2 heterocycles. The van der Waals surface area contributed by atoms with E-state index >= 15 is 0 Å². The fourth-order valence-corrected chi connectivity index (χ4v) is 3.89. The number of amides is 1. The molecular formula is C21H21ClF3N3O4. The predicted octanol–water partition coefficient (Wildman–Crippen LogP) is 4.42. The highest BCUT2D eigenvalue weighted by Crippen LogP contribution is 2.41. The van der Waals surface area contributed by atoms with Crippen molar-refractivity contribution >= 4 is 23.1 Å². The molecule has 0 radical (unpaired) electrons. The lowest BCUT2D eigenvalue weighted by atomic mass is 9.82. The van der Waals surface area contributed by atoms with Crippen molar-refractivity contribution in [1.29, 1.82) is 0 Å². The SMILES string of the molecule is C=C(CCNC(=O)C1CCc2cc(Cl)ccc2O1)c1nnc(C2CC(OC(F)(F)F)C2)o1. The molecule has 1 fully saturated rings. The van der Waals surface area contributed by atoms with Crippen molar-refractivity contribution < 1.29 is 31.9 Å². The minimum Gasteiger partial charge on any atom is -0.480 e. The van der Waals surface area contributed by atoms with Crippen LogP contribution in [-0.4, -0.2) is 41.2 Å². The molecule has 1 saturated carbocycles. The number of aromatic nitrogens is 2. The second kappa shape index (κ2) is 9.11.